The molecule has 0 bridgehead atoms. The van der Waals surface area contributed by atoms with E-state index in [4.69, 9.17) is 9.15 Å². The molecule has 1 heterocycles. The summed E-state index contributed by atoms with van der Waals surface area (Å²) in [6, 6.07) is 5.57. The van der Waals surface area contributed by atoms with Gasteiger partial charge in [-0.1, -0.05) is 6.07 Å². The second-order valence-corrected chi connectivity index (χ2v) is 3.47. The van der Waals surface area contributed by atoms with Crippen molar-refractivity contribution in [3.8, 4) is 5.75 Å². The number of hydrogen-bond donors (Lipinski definition) is 0. The predicted molar refractivity (Wildman–Crippen MR) is 57.2 cm³/mol. The highest BCUT2D eigenvalue weighted by Crippen LogP contribution is 2.29. The number of rotatable bonds is 3. The van der Waals surface area contributed by atoms with Crippen LogP contribution in [-0.4, -0.2) is 12.9 Å². The molecule has 0 saturated heterocycles. The minimum atomic E-state index is 0.123. The molecule has 0 radical (unpaired) electrons. The Bertz CT molecular complexity index is 497. The highest BCUT2D eigenvalue weighted by molar-refractivity contribution is 5.90. The fourth-order valence-corrected chi connectivity index (χ4v) is 1.68. The van der Waals surface area contributed by atoms with Gasteiger partial charge in [-0.05, 0) is 19.1 Å². The Morgan fingerprint density at radius 1 is 1.40 bits per heavy atom. The third kappa shape index (κ3) is 1.73. The third-order valence-electron chi connectivity index (χ3n) is 2.32. The fraction of sp³-hybridized carbons (Fsp3) is 0.250. The second kappa shape index (κ2) is 3.77. The number of carbonyl (C=O) groups excluding carboxylic acids is 1. The zero-order valence-corrected chi connectivity index (χ0v) is 8.74. The molecule has 15 heavy (non-hydrogen) atoms. The van der Waals surface area contributed by atoms with Crippen LogP contribution in [0.15, 0.2) is 28.9 Å². The summed E-state index contributed by atoms with van der Waals surface area (Å²) < 4.78 is 10.6. The first-order valence-corrected chi connectivity index (χ1v) is 4.75. The molecular formula is C12H12O3. The van der Waals surface area contributed by atoms with Crippen LogP contribution in [0.1, 0.15) is 12.5 Å². The number of Topliss-reactive ketones (excluding diaryl/α,β-unsaturated/α-hetero) is 1. The summed E-state index contributed by atoms with van der Waals surface area (Å²) in [4.78, 5) is 11.1. The zero-order chi connectivity index (χ0) is 10.8. The van der Waals surface area contributed by atoms with Crippen LogP contribution in [0.25, 0.3) is 11.0 Å². The number of methoxy groups -OCH3 is 1. The monoisotopic (exact) mass is 204 g/mol. The van der Waals surface area contributed by atoms with Gasteiger partial charge in [0.2, 0.25) is 0 Å². The summed E-state index contributed by atoms with van der Waals surface area (Å²) in [6.45, 7) is 1.57. The van der Waals surface area contributed by atoms with E-state index in [-0.39, 0.29) is 5.78 Å². The molecule has 3 nitrogen and oxygen atoms in total. The minimum absolute atomic E-state index is 0.123. The number of ketones is 1. The maximum absolute atomic E-state index is 11.1. The van der Waals surface area contributed by atoms with E-state index in [9.17, 15) is 4.79 Å². The highest BCUT2D eigenvalue weighted by atomic mass is 16.5. The standard InChI is InChI=1S/C12H12O3/c1-8(13)7-9-3-4-11(14-2)10-5-6-15-12(9)10/h3-6H,7H2,1-2H3. The lowest BCUT2D eigenvalue weighted by Gasteiger charge is -2.04. The zero-order valence-electron chi connectivity index (χ0n) is 8.74. The van der Waals surface area contributed by atoms with Crippen LogP contribution in [0.3, 0.4) is 0 Å². The van der Waals surface area contributed by atoms with Gasteiger partial charge in [0.25, 0.3) is 0 Å². The van der Waals surface area contributed by atoms with Crippen LogP contribution in [-0.2, 0) is 11.2 Å². The van der Waals surface area contributed by atoms with Crippen molar-refractivity contribution < 1.29 is 13.9 Å². The summed E-state index contributed by atoms with van der Waals surface area (Å²) in [6.07, 6.45) is 2.00. The largest absolute Gasteiger partial charge is 0.496 e. The Labute approximate surface area is 87.6 Å². The molecule has 0 aliphatic carbocycles. The molecule has 0 atom stereocenters. The molecule has 78 valence electrons. The lowest BCUT2D eigenvalue weighted by Crippen LogP contribution is -1.97. The molecule has 0 amide bonds. The van der Waals surface area contributed by atoms with Gasteiger partial charge in [-0.3, -0.25) is 4.79 Å². The molecule has 1 aromatic heterocycles. The van der Waals surface area contributed by atoms with E-state index in [1.807, 2.05) is 18.2 Å². The first-order chi connectivity index (χ1) is 7.22. The third-order valence-corrected chi connectivity index (χ3v) is 2.32. The Morgan fingerprint density at radius 3 is 2.87 bits per heavy atom. The quantitative estimate of drug-likeness (QED) is 0.771. The SMILES string of the molecule is COc1ccc(CC(C)=O)c2occc12. The van der Waals surface area contributed by atoms with Gasteiger partial charge in [0.15, 0.2) is 0 Å². The maximum atomic E-state index is 11.1. The van der Waals surface area contributed by atoms with Gasteiger partial charge in [-0.25, -0.2) is 0 Å². The second-order valence-electron chi connectivity index (χ2n) is 3.47. The number of benzene rings is 1. The molecule has 0 saturated carbocycles. The van der Waals surface area contributed by atoms with Crippen molar-refractivity contribution in [2.75, 3.05) is 7.11 Å². The summed E-state index contributed by atoms with van der Waals surface area (Å²) in [5, 5.41) is 0.913. The summed E-state index contributed by atoms with van der Waals surface area (Å²) in [5.41, 5.74) is 1.65. The smallest absolute Gasteiger partial charge is 0.141 e. The normalized spacial score (nSPS) is 10.5. The minimum Gasteiger partial charge on any atom is -0.496 e. The van der Waals surface area contributed by atoms with E-state index in [0.29, 0.717) is 6.42 Å². The Hall–Kier alpha value is -1.77. The number of hydrogen-bond acceptors (Lipinski definition) is 3. The Balaban J connectivity index is 2.58. The lowest BCUT2D eigenvalue weighted by atomic mass is 10.1. The molecular weight excluding hydrogens is 192 g/mol. The van der Waals surface area contributed by atoms with Crippen molar-refractivity contribution in [1.82, 2.24) is 0 Å². The van der Waals surface area contributed by atoms with E-state index >= 15 is 0 Å². The van der Waals surface area contributed by atoms with Gasteiger partial charge in [0.05, 0.1) is 18.8 Å². The summed E-state index contributed by atoms with van der Waals surface area (Å²) >= 11 is 0. The van der Waals surface area contributed by atoms with E-state index in [1.54, 1.807) is 20.3 Å². The van der Waals surface area contributed by atoms with Gasteiger partial charge in [-0.2, -0.15) is 0 Å². The molecule has 2 aromatic rings. The molecule has 2 rings (SSSR count). The molecule has 0 aliphatic heterocycles. The number of fused-ring (bicyclic) bond motifs is 1. The first-order valence-electron chi connectivity index (χ1n) is 4.75. The van der Waals surface area contributed by atoms with E-state index in [1.165, 1.54) is 0 Å². The molecule has 0 unspecified atom stereocenters. The van der Waals surface area contributed by atoms with Crippen molar-refractivity contribution in [1.29, 1.82) is 0 Å². The molecule has 0 fully saturated rings. The van der Waals surface area contributed by atoms with Crippen molar-refractivity contribution in [3.63, 3.8) is 0 Å². The molecule has 0 spiro atoms. The van der Waals surface area contributed by atoms with Crippen molar-refractivity contribution in [3.05, 3.63) is 30.0 Å². The first kappa shape index (κ1) is 9.77. The van der Waals surface area contributed by atoms with Gasteiger partial charge in [-0.15, -0.1) is 0 Å². The van der Waals surface area contributed by atoms with Crippen molar-refractivity contribution in [2.45, 2.75) is 13.3 Å². The van der Waals surface area contributed by atoms with Crippen LogP contribution in [0.4, 0.5) is 0 Å². The molecule has 0 N–H and O–H groups in total. The Kier molecular flexibility index (Phi) is 2.46. The molecule has 1 aromatic carbocycles. The van der Waals surface area contributed by atoms with Crippen LogP contribution >= 0.6 is 0 Å². The predicted octanol–water partition coefficient (Wildman–Crippen LogP) is 2.57. The average Bonchev–Trinajstić information content (AvgIpc) is 2.66. The highest BCUT2D eigenvalue weighted by Gasteiger charge is 2.10. The number of carbonyl (C=O) groups is 1. The maximum Gasteiger partial charge on any atom is 0.141 e. The van der Waals surface area contributed by atoms with E-state index in [0.717, 1.165) is 22.3 Å². The fourth-order valence-electron chi connectivity index (χ4n) is 1.68. The van der Waals surface area contributed by atoms with E-state index in [2.05, 4.69) is 0 Å². The van der Waals surface area contributed by atoms with Crippen LogP contribution < -0.4 is 4.74 Å². The average molecular weight is 204 g/mol. The Morgan fingerprint density at radius 2 is 2.20 bits per heavy atom. The number of furan rings is 1. The molecule has 0 aliphatic rings. The van der Waals surface area contributed by atoms with Crippen LogP contribution in [0, 0.1) is 0 Å². The lowest BCUT2D eigenvalue weighted by molar-refractivity contribution is -0.116. The van der Waals surface area contributed by atoms with E-state index < -0.39 is 0 Å². The summed E-state index contributed by atoms with van der Waals surface area (Å²) in [5.74, 6) is 0.893. The van der Waals surface area contributed by atoms with Crippen LogP contribution in [0.2, 0.25) is 0 Å². The van der Waals surface area contributed by atoms with Gasteiger partial charge in [0, 0.05) is 12.0 Å². The van der Waals surface area contributed by atoms with Gasteiger partial charge in [0.1, 0.15) is 17.1 Å². The van der Waals surface area contributed by atoms with Crippen molar-refractivity contribution >= 4 is 16.8 Å². The van der Waals surface area contributed by atoms with Gasteiger partial charge < -0.3 is 9.15 Å². The molecule has 3 heteroatoms. The summed E-state index contributed by atoms with van der Waals surface area (Å²) in [7, 11) is 1.62. The van der Waals surface area contributed by atoms with Gasteiger partial charge >= 0.3 is 0 Å². The number of ether oxygens (including phenoxy) is 1. The topological polar surface area (TPSA) is 39.4 Å². The van der Waals surface area contributed by atoms with Crippen LogP contribution in [0.5, 0.6) is 5.75 Å². The van der Waals surface area contributed by atoms with Crippen molar-refractivity contribution in [2.24, 2.45) is 0 Å².